The zero-order valence-electron chi connectivity index (χ0n) is 18.8. The Kier molecular flexibility index (Phi) is 6.80. The molecule has 0 atom stereocenters. The number of methoxy groups -OCH3 is 1. The first-order valence-electron chi connectivity index (χ1n) is 11.0. The molecule has 0 radical (unpaired) electrons. The van der Waals surface area contributed by atoms with Crippen LogP contribution in [0.5, 0.6) is 5.75 Å². The number of benzene rings is 2. The Morgan fingerprint density at radius 3 is 2.45 bits per heavy atom. The molecule has 1 aromatic heterocycles. The van der Waals surface area contributed by atoms with Crippen molar-refractivity contribution in [2.45, 2.75) is 37.5 Å². The Labute approximate surface area is 194 Å². The van der Waals surface area contributed by atoms with E-state index in [1.165, 1.54) is 29.6 Å². The summed E-state index contributed by atoms with van der Waals surface area (Å²) in [6, 6.07) is 13.6. The Morgan fingerprint density at radius 2 is 1.79 bits per heavy atom. The van der Waals surface area contributed by atoms with Crippen LogP contribution in [0.1, 0.15) is 41.7 Å². The Hall–Kier alpha value is -3.17. The number of nitrogens with zero attached hydrogens (tertiary/aromatic N) is 3. The van der Waals surface area contributed by atoms with Gasteiger partial charge in [-0.25, -0.2) is 13.1 Å². The van der Waals surface area contributed by atoms with Gasteiger partial charge in [-0.3, -0.25) is 4.79 Å². The van der Waals surface area contributed by atoms with Gasteiger partial charge in [-0.05, 0) is 62.2 Å². The monoisotopic (exact) mass is 468 g/mol. The van der Waals surface area contributed by atoms with Crippen LogP contribution in [-0.4, -0.2) is 48.6 Å². The van der Waals surface area contributed by atoms with Crippen LogP contribution >= 0.6 is 0 Å². The van der Waals surface area contributed by atoms with E-state index >= 15 is 0 Å². The summed E-state index contributed by atoms with van der Waals surface area (Å²) in [5.41, 5.74) is 2.50. The largest absolute Gasteiger partial charge is 0.496 e. The van der Waals surface area contributed by atoms with Crippen molar-refractivity contribution in [3.05, 3.63) is 66.0 Å². The van der Waals surface area contributed by atoms with Gasteiger partial charge in [0.15, 0.2) is 0 Å². The van der Waals surface area contributed by atoms with Crippen LogP contribution in [0.4, 0.5) is 5.69 Å². The molecule has 1 amide bonds. The summed E-state index contributed by atoms with van der Waals surface area (Å²) in [6.45, 7) is 2.93. The van der Waals surface area contributed by atoms with E-state index in [9.17, 15) is 13.2 Å². The lowest BCUT2D eigenvalue weighted by atomic mass is 10.1. The summed E-state index contributed by atoms with van der Waals surface area (Å²) in [4.78, 5) is 13.2. The van der Waals surface area contributed by atoms with Gasteiger partial charge in [-0.1, -0.05) is 18.9 Å². The molecule has 1 fully saturated rings. The second-order valence-electron chi connectivity index (χ2n) is 8.07. The Balaban J connectivity index is 1.62. The molecule has 0 saturated carbocycles. The van der Waals surface area contributed by atoms with Crippen molar-refractivity contribution in [2.75, 3.05) is 25.5 Å². The molecule has 1 saturated heterocycles. The lowest BCUT2D eigenvalue weighted by Crippen LogP contribution is -2.32. The number of rotatable bonds is 6. The molecular formula is C24H28N4O4S. The van der Waals surface area contributed by atoms with Gasteiger partial charge in [0.05, 0.1) is 23.3 Å². The van der Waals surface area contributed by atoms with Crippen LogP contribution in [0.3, 0.4) is 0 Å². The van der Waals surface area contributed by atoms with E-state index in [1.807, 2.05) is 31.2 Å². The number of hydrogen-bond acceptors (Lipinski definition) is 5. The first kappa shape index (κ1) is 23.0. The van der Waals surface area contributed by atoms with Crippen LogP contribution in [0.15, 0.2) is 59.6 Å². The first-order valence-corrected chi connectivity index (χ1v) is 12.4. The number of sulfonamides is 1. The van der Waals surface area contributed by atoms with Crippen molar-refractivity contribution in [1.29, 1.82) is 0 Å². The summed E-state index contributed by atoms with van der Waals surface area (Å²) < 4.78 is 35.1. The number of anilines is 1. The van der Waals surface area contributed by atoms with E-state index in [0.717, 1.165) is 37.1 Å². The number of nitrogens with one attached hydrogen (secondary N) is 1. The molecule has 0 aliphatic carbocycles. The molecule has 1 aliphatic heterocycles. The molecule has 3 aromatic rings. The van der Waals surface area contributed by atoms with Crippen molar-refractivity contribution in [3.63, 3.8) is 0 Å². The summed E-state index contributed by atoms with van der Waals surface area (Å²) in [7, 11) is -2.24. The van der Waals surface area contributed by atoms with Gasteiger partial charge in [0, 0.05) is 30.7 Å². The maximum atomic E-state index is 13.2. The molecule has 0 unspecified atom stereocenters. The number of carbonyl (C=O) groups is 1. The zero-order valence-corrected chi connectivity index (χ0v) is 19.6. The molecule has 4 rings (SSSR count). The molecule has 0 spiro atoms. The molecule has 1 N–H and O–H groups in total. The van der Waals surface area contributed by atoms with Crippen molar-refractivity contribution < 1.29 is 17.9 Å². The summed E-state index contributed by atoms with van der Waals surface area (Å²) in [6.07, 6.45) is 5.45. The molecule has 2 aromatic carbocycles. The minimum absolute atomic E-state index is 0.0938. The van der Waals surface area contributed by atoms with Crippen molar-refractivity contribution in [2.24, 2.45) is 0 Å². The normalized spacial score (nSPS) is 15.1. The average molecular weight is 469 g/mol. The summed E-state index contributed by atoms with van der Waals surface area (Å²) >= 11 is 0. The SMILES string of the molecule is COc1ccc(S(=O)(=O)N2CCCCCC2)cc1C(=O)Nc1cccc(-n2nccc2C)c1. The van der Waals surface area contributed by atoms with Crippen LogP contribution in [0, 0.1) is 6.92 Å². The van der Waals surface area contributed by atoms with Gasteiger partial charge in [0.1, 0.15) is 5.75 Å². The highest BCUT2D eigenvalue weighted by Gasteiger charge is 2.27. The van der Waals surface area contributed by atoms with Gasteiger partial charge >= 0.3 is 0 Å². The summed E-state index contributed by atoms with van der Waals surface area (Å²) in [5.74, 6) is -0.143. The predicted octanol–water partition coefficient (Wildman–Crippen LogP) is 4.01. The minimum atomic E-state index is -3.69. The number of carbonyl (C=O) groups excluding carboxylic acids is 1. The maximum absolute atomic E-state index is 13.2. The standard InChI is InChI=1S/C24H28N4O4S/c1-18-12-13-25-28(18)20-9-7-8-19(16-20)26-24(29)22-17-21(10-11-23(22)32-2)33(30,31)27-14-5-3-4-6-15-27/h7-13,16-17H,3-6,14-15H2,1-2H3,(H,26,29). The zero-order chi connectivity index (χ0) is 23.4. The van der Waals surface area contributed by atoms with Crippen molar-refractivity contribution in [3.8, 4) is 11.4 Å². The van der Waals surface area contributed by atoms with E-state index in [-0.39, 0.29) is 10.5 Å². The van der Waals surface area contributed by atoms with Gasteiger partial charge in [0.25, 0.3) is 5.91 Å². The second-order valence-corrected chi connectivity index (χ2v) is 10.0. The van der Waals surface area contributed by atoms with Crippen LogP contribution in [-0.2, 0) is 10.0 Å². The van der Waals surface area contributed by atoms with Gasteiger partial charge in [0.2, 0.25) is 10.0 Å². The van der Waals surface area contributed by atoms with Gasteiger partial charge in [-0.2, -0.15) is 9.40 Å². The highest BCUT2D eigenvalue weighted by molar-refractivity contribution is 7.89. The first-order chi connectivity index (χ1) is 15.9. The Morgan fingerprint density at radius 1 is 1.03 bits per heavy atom. The van der Waals surface area contributed by atoms with Crippen LogP contribution < -0.4 is 10.1 Å². The molecular weight excluding hydrogens is 440 g/mol. The number of ether oxygens (including phenoxy) is 1. The lowest BCUT2D eigenvalue weighted by Gasteiger charge is -2.20. The molecule has 2 heterocycles. The number of aromatic nitrogens is 2. The van der Waals surface area contributed by atoms with Crippen molar-refractivity contribution in [1.82, 2.24) is 14.1 Å². The van der Waals surface area contributed by atoms with E-state index in [1.54, 1.807) is 16.9 Å². The molecule has 33 heavy (non-hydrogen) atoms. The third-order valence-corrected chi connectivity index (χ3v) is 7.69. The molecule has 1 aliphatic rings. The molecule has 8 nitrogen and oxygen atoms in total. The van der Waals surface area contributed by atoms with E-state index in [2.05, 4.69) is 10.4 Å². The molecule has 174 valence electrons. The fourth-order valence-corrected chi connectivity index (χ4v) is 5.55. The van der Waals surface area contributed by atoms with Gasteiger partial charge < -0.3 is 10.1 Å². The predicted molar refractivity (Wildman–Crippen MR) is 126 cm³/mol. The maximum Gasteiger partial charge on any atom is 0.259 e. The van der Waals surface area contributed by atoms with E-state index < -0.39 is 15.9 Å². The number of hydrogen-bond donors (Lipinski definition) is 1. The van der Waals surface area contributed by atoms with E-state index in [0.29, 0.717) is 24.5 Å². The summed E-state index contributed by atoms with van der Waals surface area (Å²) in [5, 5.41) is 7.15. The highest BCUT2D eigenvalue weighted by Crippen LogP contribution is 2.27. The lowest BCUT2D eigenvalue weighted by molar-refractivity contribution is 0.102. The highest BCUT2D eigenvalue weighted by atomic mass is 32.2. The quantitative estimate of drug-likeness (QED) is 0.590. The average Bonchev–Trinajstić information content (AvgIpc) is 3.06. The molecule has 0 bridgehead atoms. The fraction of sp³-hybridized carbons (Fsp3) is 0.333. The minimum Gasteiger partial charge on any atom is -0.496 e. The Bertz CT molecular complexity index is 1240. The third kappa shape index (κ3) is 4.94. The van der Waals surface area contributed by atoms with E-state index in [4.69, 9.17) is 4.74 Å². The number of amides is 1. The second kappa shape index (κ2) is 9.76. The smallest absolute Gasteiger partial charge is 0.259 e. The third-order valence-electron chi connectivity index (χ3n) is 5.80. The van der Waals surface area contributed by atoms with Crippen molar-refractivity contribution >= 4 is 21.6 Å². The van der Waals surface area contributed by atoms with Crippen LogP contribution in [0.25, 0.3) is 5.69 Å². The fourth-order valence-electron chi connectivity index (χ4n) is 4.01. The van der Waals surface area contributed by atoms with Gasteiger partial charge in [-0.15, -0.1) is 0 Å². The van der Waals surface area contributed by atoms with Crippen LogP contribution in [0.2, 0.25) is 0 Å². The topological polar surface area (TPSA) is 93.5 Å². The number of aryl methyl sites for hydroxylation is 1. The molecule has 9 heteroatoms.